The number of morpholine rings is 1. The SMILES string of the molecule is CCn1nc(C)c(CN2CCOCC2CC2CCOCC2)n1. The van der Waals surface area contributed by atoms with Crippen LogP contribution in [0.25, 0.3) is 0 Å². The van der Waals surface area contributed by atoms with E-state index in [1.165, 1.54) is 19.3 Å². The highest BCUT2D eigenvalue weighted by atomic mass is 16.5. The summed E-state index contributed by atoms with van der Waals surface area (Å²) in [5, 5.41) is 9.07. The average Bonchev–Trinajstić information content (AvgIpc) is 2.90. The van der Waals surface area contributed by atoms with Crippen LogP contribution in [0.15, 0.2) is 0 Å². The molecule has 3 heterocycles. The maximum absolute atomic E-state index is 5.73. The Hall–Kier alpha value is -0.980. The van der Waals surface area contributed by atoms with Gasteiger partial charge in [-0.3, -0.25) is 4.90 Å². The molecule has 22 heavy (non-hydrogen) atoms. The first-order valence-electron chi connectivity index (χ1n) is 8.56. The van der Waals surface area contributed by atoms with E-state index in [-0.39, 0.29) is 0 Å². The third kappa shape index (κ3) is 3.86. The average molecular weight is 308 g/mol. The minimum absolute atomic E-state index is 0.503. The van der Waals surface area contributed by atoms with Crippen LogP contribution < -0.4 is 0 Å². The largest absolute Gasteiger partial charge is 0.381 e. The van der Waals surface area contributed by atoms with Crippen molar-refractivity contribution in [3.63, 3.8) is 0 Å². The summed E-state index contributed by atoms with van der Waals surface area (Å²) in [4.78, 5) is 4.33. The molecule has 2 saturated heterocycles. The van der Waals surface area contributed by atoms with Crippen molar-refractivity contribution in [2.75, 3.05) is 33.0 Å². The van der Waals surface area contributed by atoms with E-state index in [2.05, 4.69) is 28.9 Å². The van der Waals surface area contributed by atoms with Crippen molar-refractivity contribution < 1.29 is 9.47 Å². The van der Waals surface area contributed by atoms with Gasteiger partial charge in [-0.05, 0) is 39.0 Å². The lowest BCUT2D eigenvalue weighted by atomic mass is 9.91. The molecule has 124 valence electrons. The Morgan fingerprint density at radius 1 is 1.14 bits per heavy atom. The van der Waals surface area contributed by atoms with Crippen molar-refractivity contribution in [2.45, 2.75) is 52.2 Å². The fourth-order valence-electron chi connectivity index (χ4n) is 3.43. The second kappa shape index (κ2) is 7.53. The van der Waals surface area contributed by atoms with Gasteiger partial charge in [0.25, 0.3) is 0 Å². The highest BCUT2D eigenvalue weighted by molar-refractivity contribution is 5.06. The molecular weight excluding hydrogens is 280 g/mol. The molecule has 0 bridgehead atoms. The standard InChI is InChI=1S/C16H28N4O2/c1-3-20-17-13(2)16(18-20)11-19-6-9-22-12-15(19)10-14-4-7-21-8-5-14/h14-15H,3-12H2,1-2H3. The Morgan fingerprint density at radius 3 is 2.68 bits per heavy atom. The normalized spacial score (nSPS) is 24.7. The van der Waals surface area contributed by atoms with E-state index < -0.39 is 0 Å². The third-order valence-corrected chi connectivity index (χ3v) is 4.85. The zero-order valence-electron chi connectivity index (χ0n) is 13.8. The van der Waals surface area contributed by atoms with Gasteiger partial charge in [-0.25, -0.2) is 0 Å². The molecule has 0 radical (unpaired) electrons. The molecule has 2 aliphatic rings. The highest BCUT2D eigenvalue weighted by Crippen LogP contribution is 2.25. The zero-order valence-corrected chi connectivity index (χ0v) is 13.8. The van der Waals surface area contributed by atoms with Gasteiger partial charge in [0, 0.05) is 32.3 Å². The van der Waals surface area contributed by atoms with Gasteiger partial charge in [-0.2, -0.15) is 15.0 Å². The first kappa shape index (κ1) is 15.9. The molecule has 0 saturated carbocycles. The molecule has 3 rings (SSSR count). The lowest BCUT2D eigenvalue weighted by Crippen LogP contribution is -2.46. The predicted octanol–water partition coefficient (Wildman–Crippen LogP) is 1.62. The number of ether oxygens (including phenoxy) is 2. The van der Waals surface area contributed by atoms with E-state index in [9.17, 15) is 0 Å². The number of aryl methyl sites for hydroxylation is 2. The Labute approximate surface area is 132 Å². The maximum Gasteiger partial charge on any atom is 0.0996 e. The lowest BCUT2D eigenvalue weighted by Gasteiger charge is -2.37. The van der Waals surface area contributed by atoms with E-state index in [1.54, 1.807) is 4.80 Å². The van der Waals surface area contributed by atoms with Crippen LogP contribution in [0, 0.1) is 12.8 Å². The molecule has 0 aromatic carbocycles. The minimum Gasteiger partial charge on any atom is -0.381 e. The predicted molar refractivity (Wildman–Crippen MR) is 83.6 cm³/mol. The van der Waals surface area contributed by atoms with Crippen LogP contribution in [-0.2, 0) is 22.6 Å². The fourth-order valence-corrected chi connectivity index (χ4v) is 3.43. The van der Waals surface area contributed by atoms with Gasteiger partial charge in [0.1, 0.15) is 0 Å². The van der Waals surface area contributed by atoms with Gasteiger partial charge in [-0.15, -0.1) is 0 Å². The first-order valence-corrected chi connectivity index (χ1v) is 8.56. The minimum atomic E-state index is 0.503. The van der Waals surface area contributed by atoms with Gasteiger partial charge in [0.15, 0.2) is 0 Å². The number of hydrogen-bond acceptors (Lipinski definition) is 5. The summed E-state index contributed by atoms with van der Waals surface area (Å²) < 4.78 is 11.2. The van der Waals surface area contributed by atoms with Crippen molar-refractivity contribution >= 4 is 0 Å². The second-order valence-electron chi connectivity index (χ2n) is 6.41. The highest BCUT2D eigenvalue weighted by Gasteiger charge is 2.28. The number of nitrogens with zero attached hydrogens (tertiary/aromatic N) is 4. The molecular formula is C16H28N4O2. The topological polar surface area (TPSA) is 52.4 Å². The first-order chi connectivity index (χ1) is 10.8. The molecule has 6 heteroatoms. The number of rotatable bonds is 5. The summed E-state index contributed by atoms with van der Waals surface area (Å²) >= 11 is 0. The molecule has 0 aliphatic carbocycles. The van der Waals surface area contributed by atoms with Gasteiger partial charge in [0.05, 0.1) is 31.1 Å². The monoisotopic (exact) mass is 308 g/mol. The Balaban J connectivity index is 1.62. The molecule has 1 aromatic heterocycles. The van der Waals surface area contributed by atoms with E-state index in [1.807, 2.05) is 0 Å². The van der Waals surface area contributed by atoms with Crippen LogP contribution in [0.3, 0.4) is 0 Å². The van der Waals surface area contributed by atoms with Crippen LogP contribution in [0.2, 0.25) is 0 Å². The third-order valence-electron chi connectivity index (χ3n) is 4.85. The van der Waals surface area contributed by atoms with Crippen molar-refractivity contribution in [1.29, 1.82) is 0 Å². The van der Waals surface area contributed by atoms with Crippen LogP contribution in [-0.4, -0.2) is 58.9 Å². The smallest absolute Gasteiger partial charge is 0.0996 e. The molecule has 2 fully saturated rings. The zero-order chi connectivity index (χ0) is 15.4. The summed E-state index contributed by atoms with van der Waals surface area (Å²) in [6.07, 6.45) is 3.59. The molecule has 0 amide bonds. The summed E-state index contributed by atoms with van der Waals surface area (Å²) in [5.74, 6) is 0.773. The summed E-state index contributed by atoms with van der Waals surface area (Å²) in [6.45, 7) is 10.4. The fraction of sp³-hybridized carbons (Fsp3) is 0.875. The summed E-state index contributed by atoms with van der Waals surface area (Å²) in [7, 11) is 0. The van der Waals surface area contributed by atoms with Gasteiger partial charge < -0.3 is 9.47 Å². The second-order valence-corrected chi connectivity index (χ2v) is 6.41. The number of hydrogen-bond donors (Lipinski definition) is 0. The Morgan fingerprint density at radius 2 is 1.95 bits per heavy atom. The molecule has 1 aromatic rings. The summed E-state index contributed by atoms with van der Waals surface area (Å²) in [6, 6.07) is 0.503. The van der Waals surface area contributed by atoms with Crippen molar-refractivity contribution in [3.05, 3.63) is 11.4 Å². The van der Waals surface area contributed by atoms with Crippen molar-refractivity contribution in [3.8, 4) is 0 Å². The van der Waals surface area contributed by atoms with E-state index in [0.29, 0.717) is 6.04 Å². The summed E-state index contributed by atoms with van der Waals surface area (Å²) in [5.41, 5.74) is 2.17. The van der Waals surface area contributed by atoms with Crippen molar-refractivity contribution in [1.82, 2.24) is 19.9 Å². The molecule has 2 aliphatic heterocycles. The van der Waals surface area contributed by atoms with Crippen LogP contribution in [0.4, 0.5) is 0 Å². The molecule has 0 spiro atoms. The molecule has 6 nitrogen and oxygen atoms in total. The van der Waals surface area contributed by atoms with Gasteiger partial charge in [-0.1, -0.05) is 0 Å². The van der Waals surface area contributed by atoms with Crippen LogP contribution in [0.5, 0.6) is 0 Å². The van der Waals surface area contributed by atoms with Crippen molar-refractivity contribution in [2.24, 2.45) is 5.92 Å². The Bertz CT molecular complexity index is 471. The maximum atomic E-state index is 5.73. The Kier molecular flexibility index (Phi) is 5.44. The number of aromatic nitrogens is 3. The van der Waals surface area contributed by atoms with E-state index >= 15 is 0 Å². The quantitative estimate of drug-likeness (QED) is 0.827. The molecule has 1 atom stereocenters. The lowest BCUT2D eigenvalue weighted by molar-refractivity contribution is -0.0295. The van der Waals surface area contributed by atoms with E-state index in [0.717, 1.165) is 63.4 Å². The van der Waals surface area contributed by atoms with Crippen LogP contribution >= 0.6 is 0 Å². The van der Waals surface area contributed by atoms with Crippen LogP contribution in [0.1, 0.15) is 37.6 Å². The molecule has 0 N–H and O–H groups in total. The van der Waals surface area contributed by atoms with E-state index in [4.69, 9.17) is 9.47 Å². The van der Waals surface area contributed by atoms with Gasteiger partial charge >= 0.3 is 0 Å². The van der Waals surface area contributed by atoms with Gasteiger partial charge in [0.2, 0.25) is 0 Å². The molecule has 1 unspecified atom stereocenters.